The van der Waals surface area contributed by atoms with Crippen LogP contribution in [0.5, 0.6) is 0 Å². The predicted molar refractivity (Wildman–Crippen MR) is 59.0 cm³/mol. The second-order valence-electron chi connectivity index (χ2n) is 3.97. The molecule has 1 aliphatic heterocycles. The van der Waals surface area contributed by atoms with Gasteiger partial charge in [0.15, 0.2) is 5.78 Å². The maximum Gasteiger partial charge on any atom is 0.308 e. The highest BCUT2D eigenvalue weighted by Gasteiger charge is 2.31. The van der Waals surface area contributed by atoms with Crippen LogP contribution in [0.3, 0.4) is 0 Å². The minimum atomic E-state index is -0.658. The molecule has 0 N–H and O–H groups in total. The van der Waals surface area contributed by atoms with Gasteiger partial charge in [-0.15, -0.1) is 0 Å². The van der Waals surface area contributed by atoms with E-state index in [-0.39, 0.29) is 24.3 Å². The summed E-state index contributed by atoms with van der Waals surface area (Å²) in [4.78, 5) is 22.8. The second kappa shape index (κ2) is 5.80. The number of rotatable bonds is 4. The lowest BCUT2D eigenvalue weighted by Gasteiger charge is -2.28. The zero-order valence-electron chi connectivity index (χ0n) is 9.82. The molecule has 0 bridgehead atoms. The summed E-state index contributed by atoms with van der Waals surface area (Å²) in [6.45, 7) is 7.72. The molecule has 0 aromatic carbocycles. The quantitative estimate of drug-likeness (QED) is 0.540. The van der Waals surface area contributed by atoms with Gasteiger partial charge < -0.3 is 9.47 Å². The standard InChI is InChI=1S/C12H18O4/c1-4-15-12(14)7-11-9(13)5-6-10(16-11)8(2)3/h10-11H,2,4-7H2,1,3H3/t10-,11-/m1/s1. The Labute approximate surface area is 95.6 Å². The molecule has 0 aliphatic carbocycles. The Kier molecular flexibility index (Phi) is 4.68. The van der Waals surface area contributed by atoms with E-state index in [4.69, 9.17) is 9.47 Å². The van der Waals surface area contributed by atoms with Gasteiger partial charge in [0.1, 0.15) is 6.10 Å². The van der Waals surface area contributed by atoms with Crippen LogP contribution in [0.2, 0.25) is 0 Å². The lowest BCUT2D eigenvalue weighted by Crippen LogP contribution is -2.37. The fraction of sp³-hybridized carbons (Fsp3) is 0.667. The maximum atomic E-state index is 11.5. The summed E-state index contributed by atoms with van der Waals surface area (Å²) < 4.78 is 10.3. The summed E-state index contributed by atoms with van der Waals surface area (Å²) in [5, 5.41) is 0. The summed E-state index contributed by atoms with van der Waals surface area (Å²) in [6, 6.07) is 0. The molecular formula is C12H18O4. The molecule has 0 unspecified atom stereocenters. The fourth-order valence-corrected chi connectivity index (χ4v) is 1.67. The van der Waals surface area contributed by atoms with Crippen molar-refractivity contribution in [3.63, 3.8) is 0 Å². The van der Waals surface area contributed by atoms with Crippen molar-refractivity contribution in [1.82, 2.24) is 0 Å². The molecular weight excluding hydrogens is 208 g/mol. The van der Waals surface area contributed by atoms with Gasteiger partial charge >= 0.3 is 5.97 Å². The van der Waals surface area contributed by atoms with E-state index in [0.717, 1.165) is 5.57 Å². The van der Waals surface area contributed by atoms with Crippen LogP contribution >= 0.6 is 0 Å². The van der Waals surface area contributed by atoms with Crippen molar-refractivity contribution in [3.05, 3.63) is 12.2 Å². The summed E-state index contributed by atoms with van der Waals surface area (Å²) in [5.74, 6) is -0.409. The Morgan fingerprint density at radius 3 is 2.88 bits per heavy atom. The third kappa shape index (κ3) is 3.45. The first kappa shape index (κ1) is 12.9. The predicted octanol–water partition coefficient (Wildman–Crippen LogP) is 1.63. The zero-order chi connectivity index (χ0) is 12.1. The first-order chi connectivity index (χ1) is 7.54. The maximum absolute atomic E-state index is 11.5. The van der Waals surface area contributed by atoms with Crippen LogP contribution in [0.25, 0.3) is 0 Å². The van der Waals surface area contributed by atoms with Gasteiger partial charge in [-0.2, -0.15) is 0 Å². The molecule has 0 saturated carbocycles. The van der Waals surface area contributed by atoms with Gasteiger partial charge in [0, 0.05) is 6.42 Å². The van der Waals surface area contributed by atoms with Crippen LogP contribution < -0.4 is 0 Å². The van der Waals surface area contributed by atoms with E-state index in [9.17, 15) is 9.59 Å². The molecule has 1 heterocycles. The Morgan fingerprint density at radius 1 is 1.62 bits per heavy atom. The molecule has 1 rings (SSSR count). The van der Waals surface area contributed by atoms with Crippen molar-refractivity contribution in [2.75, 3.05) is 6.61 Å². The summed E-state index contributed by atoms with van der Waals surface area (Å²) in [6.07, 6.45) is 0.345. The minimum Gasteiger partial charge on any atom is -0.466 e. The highest BCUT2D eigenvalue weighted by atomic mass is 16.5. The van der Waals surface area contributed by atoms with Crippen molar-refractivity contribution in [1.29, 1.82) is 0 Å². The number of hydrogen-bond donors (Lipinski definition) is 0. The van der Waals surface area contributed by atoms with E-state index in [0.29, 0.717) is 19.4 Å². The first-order valence-corrected chi connectivity index (χ1v) is 5.53. The number of Topliss-reactive ketones (excluding diaryl/α,β-unsaturated/α-hetero) is 1. The van der Waals surface area contributed by atoms with Crippen LogP contribution in [0.4, 0.5) is 0 Å². The Hall–Kier alpha value is -1.16. The van der Waals surface area contributed by atoms with E-state index in [1.165, 1.54) is 0 Å². The molecule has 0 aromatic rings. The van der Waals surface area contributed by atoms with Crippen molar-refractivity contribution < 1.29 is 19.1 Å². The molecule has 90 valence electrons. The monoisotopic (exact) mass is 226 g/mol. The number of ketones is 1. The molecule has 2 atom stereocenters. The molecule has 0 aromatic heterocycles. The number of esters is 1. The Balaban J connectivity index is 2.53. The van der Waals surface area contributed by atoms with Crippen molar-refractivity contribution in [3.8, 4) is 0 Å². The van der Waals surface area contributed by atoms with E-state index < -0.39 is 6.10 Å². The number of hydrogen-bond acceptors (Lipinski definition) is 4. The molecule has 1 aliphatic rings. The SMILES string of the molecule is C=C(C)[C@H]1CCC(=O)[C@@H](CC(=O)OCC)O1. The number of carbonyl (C=O) groups is 2. The van der Waals surface area contributed by atoms with Crippen LogP contribution in [0, 0.1) is 0 Å². The molecule has 1 fully saturated rings. The third-order valence-corrected chi connectivity index (χ3v) is 2.55. The van der Waals surface area contributed by atoms with E-state index in [1.807, 2.05) is 6.92 Å². The van der Waals surface area contributed by atoms with Crippen molar-refractivity contribution in [2.45, 2.75) is 45.3 Å². The highest BCUT2D eigenvalue weighted by Crippen LogP contribution is 2.22. The molecule has 1 saturated heterocycles. The molecule has 4 heteroatoms. The highest BCUT2D eigenvalue weighted by molar-refractivity contribution is 5.88. The van der Waals surface area contributed by atoms with E-state index >= 15 is 0 Å². The Bertz CT molecular complexity index is 295. The summed E-state index contributed by atoms with van der Waals surface area (Å²) >= 11 is 0. The van der Waals surface area contributed by atoms with Gasteiger partial charge in [0.05, 0.1) is 19.1 Å². The first-order valence-electron chi connectivity index (χ1n) is 5.53. The average molecular weight is 226 g/mol. The van der Waals surface area contributed by atoms with Gasteiger partial charge in [0.25, 0.3) is 0 Å². The van der Waals surface area contributed by atoms with Gasteiger partial charge in [-0.25, -0.2) is 0 Å². The van der Waals surface area contributed by atoms with Crippen LogP contribution in [0.15, 0.2) is 12.2 Å². The number of carbonyl (C=O) groups excluding carboxylic acids is 2. The van der Waals surface area contributed by atoms with Crippen molar-refractivity contribution >= 4 is 11.8 Å². The largest absolute Gasteiger partial charge is 0.466 e. The van der Waals surface area contributed by atoms with Gasteiger partial charge in [0.2, 0.25) is 0 Å². The molecule has 16 heavy (non-hydrogen) atoms. The lowest BCUT2D eigenvalue weighted by atomic mass is 9.97. The molecule has 0 radical (unpaired) electrons. The summed E-state index contributed by atoms with van der Waals surface area (Å²) in [7, 11) is 0. The number of ether oxygens (including phenoxy) is 2. The normalized spacial score (nSPS) is 25.2. The molecule has 0 spiro atoms. The van der Waals surface area contributed by atoms with Crippen LogP contribution in [-0.2, 0) is 19.1 Å². The van der Waals surface area contributed by atoms with Gasteiger partial charge in [-0.1, -0.05) is 12.2 Å². The minimum absolute atomic E-state index is 0.0104. The average Bonchev–Trinajstić information content (AvgIpc) is 2.21. The van der Waals surface area contributed by atoms with Gasteiger partial charge in [-0.05, 0) is 20.3 Å². The Morgan fingerprint density at radius 2 is 2.31 bits per heavy atom. The second-order valence-corrected chi connectivity index (χ2v) is 3.97. The van der Waals surface area contributed by atoms with Crippen molar-refractivity contribution in [2.24, 2.45) is 0 Å². The van der Waals surface area contributed by atoms with E-state index in [2.05, 4.69) is 6.58 Å². The topological polar surface area (TPSA) is 52.6 Å². The zero-order valence-corrected chi connectivity index (χ0v) is 9.82. The fourth-order valence-electron chi connectivity index (χ4n) is 1.67. The van der Waals surface area contributed by atoms with Gasteiger partial charge in [-0.3, -0.25) is 9.59 Å². The molecule has 4 nitrogen and oxygen atoms in total. The summed E-state index contributed by atoms with van der Waals surface area (Å²) in [5.41, 5.74) is 0.890. The third-order valence-electron chi connectivity index (χ3n) is 2.55. The van der Waals surface area contributed by atoms with E-state index in [1.54, 1.807) is 6.92 Å². The van der Waals surface area contributed by atoms with Crippen LogP contribution in [0.1, 0.15) is 33.1 Å². The molecule has 0 amide bonds. The lowest BCUT2D eigenvalue weighted by molar-refractivity contribution is -0.155. The smallest absolute Gasteiger partial charge is 0.308 e. The van der Waals surface area contributed by atoms with Crippen LogP contribution in [-0.4, -0.2) is 30.6 Å².